The lowest BCUT2D eigenvalue weighted by atomic mass is 10.0. The molecule has 0 fully saturated rings. The summed E-state index contributed by atoms with van der Waals surface area (Å²) in [4.78, 5) is 44.3. The van der Waals surface area contributed by atoms with Crippen molar-refractivity contribution in [3.05, 3.63) is 58.9 Å². The maximum atomic E-state index is 13.0. The third kappa shape index (κ3) is 7.45. The Morgan fingerprint density at radius 1 is 1.24 bits per heavy atom. The summed E-state index contributed by atoms with van der Waals surface area (Å²) in [6.45, 7) is 4.99. The first-order valence-corrected chi connectivity index (χ1v) is 11.9. The molecule has 9 heteroatoms. The third-order valence-electron chi connectivity index (χ3n) is 5.39. The van der Waals surface area contributed by atoms with E-state index in [0.717, 1.165) is 0 Å². The molecule has 0 bridgehead atoms. The molecule has 34 heavy (non-hydrogen) atoms. The SMILES string of the molecule is CC(C)C[C@@H]1COc2ccc(Cl)cc2C(=O)NCCCCN(C(=O)c2ccccn2)CC(=O)N1. The first kappa shape index (κ1) is 25.5. The number of nitrogens with zero attached hydrogens (tertiary/aromatic N) is 2. The topological polar surface area (TPSA) is 101 Å². The number of pyridine rings is 1. The van der Waals surface area contributed by atoms with Gasteiger partial charge in [-0.15, -0.1) is 0 Å². The molecule has 1 aromatic carbocycles. The van der Waals surface area contributed by atoms with Gasteiger partial charge in [-0.2, -0.15) is 0 Å². The summed E-state index contributed by atoms with van der Waals surface area (Å²) in [5.74, 6) is -0.137. The Morgan fingerprint density at radius 2 is 2.06 bits per heavy atom. The summed E-state index contributed by atoms with van der Waals surface area (Å²) in [6.07, 6.45) is 3.47. The second-order valence-corrected chi connectivity index (χ2v) is 9.19. The number of ether oxygens (including phenoxy) is 1. The number of amides is 3. The van der Waals surface area contributed by atoms with Crippen LogP contribution in [0.1, 0.15) is 54.0 Å². The highest BCUT2D eigenvalue weighted by molar-refractivity contribution is 6.31. The number of rotatable bonds is 3. The molecule has 0 spiro atoms. The standard InChI is InChI=1S/C25H31ClN4O4/c1-17(2)13-19-16-34-22-9-8-18(26)14-20(22)24(32)28-11-5-6-12-30(15-23(31)29-19)25(33)21-7-3-4-10-27-21/h3-4,7-10,14,17,19H,5-6,11-13,15-16H2,1-2H3,(H,28,32)(H,29,31)/t19-/m1/s1. The largest absolute Gasteiger partial charge is 0.491 e. The van der Waals surface area contributed by atoms with Gasteiger partial charge in [0.1, 0.15) is 18.1 Å². The van der Waals surface area contributed by atoms with Crippen LogP contribution in [-0.4, -0.2) is 59.9 Å². The van der Waals surface area contributed by atoms with Crippen LogP contribution in [-0.2, 0) is 4.79 Å². The van der Waals surface area contributed by atoms with Gasteiger partial charge in [0, 0.05) is 24.3 Å². The van der Waals surface area contributed by atoms with E-state index in [4.69, 9.17) is 16.3 Å². The zero-order valence-corrected chi connectivity index (χ0v) is 20.3. The van der Waals surface area contributed by atoms with Crippen molar-refractivity contribution in [1.82, 2.24) is 20.5 Å². The van der Waals surface area contributed by atoms with Crippen LogP contribution in [0.5, 0.6) is 5.75 Å². The van der Waals surface area contributed by atoms with Gasteiger partial charge in [-0.3, -0.25) is 19.4 Å². The summed E-state index contributed by atoms with van der Waals surface area (Å²) in [5, 5.41) is 6.33. The van der Waals surface area contributed by atoms with Gasteiger partial charge in [0.25, 0.3) is 11.8 Å². The second kappa shape index (κ2) is 12.4. The molecule has 2 N–H and O–H groups in total. The van der Waals surface area contributed by atoms with Crippen LogP contribution in [0.4, 0.5) is 0 Å². The van der Waals surface area contributed by atoms with Crippen LogP contribution in [0.25, 0.3) is 0 Å². The summed E-state index contributed by atoms with van der Waals surface area (Å²) >= 11 is 6.11. The molecular weight excluding hydrogens is 456 g/mol. The second-order valence-electron chi connectivity index (χ2n) is 8.75. The highest BCUT2D eigenvalue weighted by Gasteiger charge is 2.23. The highest BCUT2D eigenvalue weighted by atomic mass is 35.5. The predicted molar refractivity (Wildman–Crippen MR) is 130 cm³/mol. The van der Waals surface area contributed by atoms with Gasteiger partial charge in [0.05, 0.1) is 18.2 Å². The molecule has 182 valence electrons. The molecule has 0 saturated heterocycles. The third-order valence-corrected chi connectivity index (χ3v) is 5.63. The molecule has 0 radical (unpaired) electrons. The Bertz CT molecular complexity index is 1000. The number of hydrogen-bond acceptors (Lipinski definition) is 5. The fraction of sp³-hybridized carbons (Fsp3) is 0.440. The number of benzene rings is 1. The number of halogens is 1. The number of fused-ring (bicyclic) bond motifs is 1. The van der Waals surface area contributed by atoms with Crippen LogP contribution < -0.4 is 15.4 Å². The average molecular weight is 487 g/mol. The first-order valence-electron chi connectivity index (χ1n) is 11.5. The van der Waals surface area contributed by atoms with Crippen molar-refractivity contribution in [3.8, 4) is 5.75 Å². The number of carbonyl (C=O) groups excluding carboxylic acids is 3. The van der Waals surface area contributed by atoms with E-state index in [2.05, 4.69) is 29.5 Å². The van der Waals surface area contributed by atoms with Gasteiger partial charge in [-0.25, -0.2) is 0 Å². The molecule has 1 atom stereocenters. The van der Waals surface area contributed by atoms with Crippen molar-refractivity contribution >= 4 is 29.3 Å². The van der Waals surface area contributed by atoms with Gasteiger partial charge in [-0.1, -0.05) is 31.5 Å². The van der Waals surface area contributed by atoms with E-state index in [9.17, 15) is 14.4 Å². The highest BCUT2D eigenvalue weighted by Crippen LogP contribution is 2.24. The molecule has 1 aromatic heterocycles. The van der Waals surface area contributed by atoms with Crippen molar-refractivity contribution in [2.75, 3.05) is 26.2 Å². The molecular formula is C25H31ClN4O4. The van der Waals surface area contributed by atoms with E-state index < -0.39 is 0 Å². The molecule has 1 aliphatic heterocycles. The number of carbonyl (C=O) groups is 3. The summed E-state index contributed by atoms with van der Waals surface area (Å²) in [6, 6.07) is 9.72. The van der Waals surface area contributed by atoms with Crippen molar-refractivity contribution < 1.29 is 19.1 Å². The Morgan fingerprint density at radius 3 is 2.79 bits per heavy atom. The smallest absolute Gasteiger partial charge is 0.272 e. The van der Waals surface area contributed by atoms with Gasteiger partial charge in [0.15, 0.2) is 0 Å². The zero-order chi connectivity index (χ0) is 24.5. The zero-order valence-electron chi connectivity index (χ0n) is 19.6. The molecule has 1 aliphatic rings. The molecule has 2 aromatic rings. The Kier molecular flexibility index (Phi) is 9.27. The van der Waals surface area contributed by atoms with Crippen LogP contribution >= 0.6 is 11.6 Å². The lowest BCUT2D eigenvalue weighted by Crippen LogP contribution is -2.47. The minimum atomic E-state index is -0.303. The van der Waals surface area contributed by atoms with E-state index in [1.54, 1.807) is 42.6 Å². The Balaban J connectivity index is 1.82. The summed E-state index contributed by atoms with van der Waals surface area (Å²) in [7, 11) is 0. The van der Waals surface area contributed by atoms with E-state index in [1.807, 2.05) is 0 Å². The van der Waals surface area contributed by atoms with E-state index in [-0.39, 0.29) is 42.6 Å². The van der Waals surface area contributed by atoms with E-state index in [1.165, 1.54) is 4.90 Å². The van der Waals surface area contributed by atoms with Crippen molar-refractivity contribution in [2.24, 2.45) is 5.92 Å². The molecule has 0 unspecified atom stereocenters. The van der Waals surface area contributed by atoms with E-state index in [0.29, 0.717) is 54.6 Å². The van der Waals surface area contributed by atoms with Crippen LogP contribution in [0.15, 0.2) is 42.6 Å². The Labute approximate surface area is 205 Å². The summed E-state index contributed by atoms with van der Waals surface area (Å²) in [5.41, 5.74) is 0.639. The van der Waals surface area contributed by atoms with Gasteiger partial charge >= 0.3 is 0 Å². The molecule has 8 nitrogen and oxygen atoms in total. The molecule has 0 aliphatic carbocycles. The average Bonchev–Trinajstić information content (AvgIpc) is 2.81. The minimum absolute atomic E-state index is 0.0808. The Hall–Kier alpha value is -3.13. The van der Waals surface area contributed by atoms with Crippen LogP contribution in [0, 0.1) is 5.92 Å². The maximum Gasteiger partial charge on any atom is 0.272 e. The van der Waals surface area contributed by atoms with E-state index >= 15 is 0 Å². The lowest BCUT2D eigenvalue weighted by molar-refractivity contribution is -0.122. The summed E-state index contributed by atoms with van der Waals surface area (Å²) < 4.78 is 5.97. The molecule has 2 heterocycles. The monoisotopic (exact) mass is 486 g/mol. The van der Waals surface area contributed by atoms with Gasteiger partial charge in [0.2, 0.25) is 5.91 Å². The fourth-order valence-corrected chi connectivity index (χ4v) is 3.98. The first-order chi connectivity index (χ1) is 16.3. The number of aromatic nitrogens is 1. The van der Waals surface area contributed by atoms with Crippen LogP contribution in [0.2, 0.25) is 5.02 Å². The quantitative estimate of drug-likeness (QED) is 0.693. The van der Waals surface area contributed by atoms with Crippen LogP contribution in [0.3, 0.4) is 0 Å². The molecule has 3 rings (SSSR count). The lowest BCUT2D eigenvalue weighted by Gasteiger charge is -2.25. The van der Waals surface area contributed by atoms with Crippen molar-refractivity contribution in [1.29, 1.82) is 0 Å². The molecule has 0 saturated carbocycles. The maximum absolute atomic E-state index is 13.0. The predicted octanol–water partition coefficient (Wildman–Crippen LogP) is 3.31. The molecule has 3 amide bonds. The number of nitrogens with one attached hydrogen (secondary N) is 2. The number of hydrogen-bond donors (Lipinski definition) is 2. The fourth-order valence-electron chi connectivity index (χ4n) is 3.81. The van der Waals surface area contributed by atoms with Crippen molar-refractivity contribution in [3.63, 3.8) is 0 Å². The van der Waals surface area contributed by atoms with Gasteiger partial charge < -0.3 is 20.3 Å². The van der Waals surface area contributed by atoms with Crippen molar-refractivity contribution in [2.45, 2.75) is 39.2 Å². The normalized spacial score (nSPS) is 18.1. The van der Waals surface area contributed by atoms with Gasteiger partial charge in [-0.05, 0) is 55.5 Å². The minimum Gasteiger partial charge on any atom is -0.491 e.